The monoisotopic (exact) mass is 235 g/mol. The maximum Gasteiger partial charge on any atom is 0.119 e. The standard InChI is InChI=1S/C14H21NO2/c1-15-8-7-13(11-15)12-3-5-14(6-4-12)17-10-2-9-16/h3-6,13,16H,2,7-11H2,1H3. The van der Waals surface area contributed by atoms with Crippen molar-refractivity contribution in [2.24, 2.45) is 0 Å². The molecule has 1 unspecified atom stereocenters. The molecule has 1 heterocycles. The molecule has 2 rings (SSSR count). The molecule has 0 amide bonds. The Labute approximate surface area is 103 Å². The van der Waals surface area contributed by atoms with Crippen molar-refractivity contribution in [3.63, 3.8) is 0 Å². The fourth-order valence-electron chi connectivity index (χ4n) is 2.30. The predicted octanol–water partition coefficient (Wildman–Crippen LogP) is 1.87. The van der Waals surface area contributed by atoms with Crippen LogP contribution in [0.15, 0.2) is 24.3 Å². The Bertz CT molecular complexity index is 337. The van der Waals surface area contributed by atoms with E-state index in [-0.39, 0.29) is 6.61 Å². The molecule has 1 aromatic carbocycles. The van der Waals surface area contributed by atoms with Gasteiger partial charge in [0.1, 0.15) is 5.75 Å². The average Bonchev–Trinajstić information content (AvgIpc) is 2.77. The van der Waals surface area contributed by atoms with Crippen LogP contribution in [0.5, 0.6) is 5.75 Å². The van der Waals surface area contributed by atoms with Crippen LogP contribution in [0.3, 0.4) is 0 Å². The van der Waals surface area contributed by atoms with E-state index in [1.165, 1.54) is 18.5 Å². The van der Waals surface area contributed by atoms with Gasteiger partial charge in [-0.1, -0.05) is 12.1 Å². The Kier molecular flexibility index (Phi) is 4.40. The lowest BCUT2D eigenvalue weighted by Gasteiger charge is -2.12. The highest BCUT2D eigenvalue weighted by Crippen LogP contribution is 2.27. The molecule has 1 atom stereocenters. The first-order valence-corrected chi connectivity index (χ1v) is 6.32. The minimum absolute atomic E-state index is 0.187. The lowest BCUT2D eigenvalue weighted by atomic mass is 9.98. The SMILES string of the molecule is CN1CCC(c2ccc(OCCCO)cc2)C1. The first kappa shape index (κ1) is 12.4. The summed E-state index contributed by atoms with van der Waals surface area (Å²) in [5, 5.41) is 8.67. The summed E-state index contributed by atoms with van der Waals surface area (Å²) in [5.41, 5.74) is 1.41. The minimum atomic E-state index is 0.187. The first-order valence-electron chi connectivity index (χ1n) is 6.32. The molecule has 3 heteroatoms. The van der Waals surface area contributed by atoms with Crippen molar-refractivity contribution in [2.45, 2.75) is 18.8 Å². The Hall–Kier alpha value is -1.06. The fraction of sp³-hybridized carbons (Fsp3) is 0.571. The minimum Gasteiger partial charge on any atom is -0.494 e. The molecule has 1 aliphatic heterocycles. The zero-order chi connectivity index (χ0) is 12.1. The predicted molar refractivity (Wildman–Crippen MR) is 68.5 cm³/mol. The molecule has 1 aliphatic rings. The molecule has 1 fully saturated rings. The third-order valence-corrected chi connectivity index (χ3v) is 3.31. The second-order valence-electron chi connectivity index (χ2n) is 4.74. The molecule has 0 radical (unpaired) electrons. The van der Waals surface area contributed by atoms with Gasteiger partial charge in [-0.3, -0.25) is 0 Å². The Morgan fingerprint density at radius 3 is 2.71 bits per heavy atom. The highest BCUT2D eigenvalue weighted by Gasteiger charge is 2.20. The summed E-state index contributed by atoms with van der Waals surface area (Å²) >= 11 is 0. The normalized spacial score (nSPS) is 20.7. The lowest BCUT2D eigenvalue weighted by molar-refractivity contribution is 0.233. The van der Waals surface area contributed by atoms with Crippen molar-refractivity contribution in [1.82, 2.24) is 4.90 Å². The van der Waals surface area contributed by atoms with Gasteiger partial charge < -0.3 is 14.7 Å². The number of aliphatic hydroxyl groups excluding tert-OH is 1. The number of hydrogen-bond donors (Lipinski definition) is 1. The molecule has 0 spiro atoms. The van der Waals surface area contributed by atoms with Crippen LogP contribution in [-0.2, 0) is 0 Å². The lowest BCUT2D eigenvalue weighted by Crippen LogP contribution is -2.13. The Morgan fingerprint density at radius 1 is 1.35 bits per heavy atom. The maximum atomic E-state index is 8.67. The second-order valence-corrected chi connectivity index (χ2v) is 4.74. The Balaban J connectivity index is 1.89. The molecular formula is C14H21NO2. The third-order valence-electron chi connectivity index (χ3n) is 3.31. The number of benzene rings is 1. The molecular weight excluding hydrogens is 214 g/mol. The maximum absolute atomic E-state index is 8.67. The van der Waals surface area contributed by atoms with E-state index in [1.54, 1.807) is 0 Å². The van der Waals surface area contributed by atoms with Crippen LogP contribution in [0, 0.1) is 0 Å². The van der Waals surface area contributed by atoms with Crippen molar-refractivity contribution in [3.05, 3.63) is 29.8 Å². The van der Waals surface area contributed by atoms with Gasteiger partial charge in [-0.2, -0.15) is 0 Å². The smallest absolute Gasteiger partial charge is 0.119 e. The largest absolute Gasteiger partial charge is 0.494 e. The molecule has 1 saturated heterocycles. The van der Waals surface area contributed by atoms with E-state index in [0.717, 1.165) is 12.3 Å². The van der Waals surface area contributed by atoms with Crippen molar-refractivity contribution in [3.8, 4) is 5.75 Å². The van der Waals surface area contributed by atoms with E-state index in [4.69, 9.17) is 9.84 Å². The highest BCUT2D eigenvalue weighted by atomic mass is 16.5. The van der Waals surface area contributed by atoms with E-state index in [0.29, 0.717) is 18.9 Å². The van der Waals surface area contributed by atoms with Crippen LogP contribution in [0.1, 0.15) is 24.3 Å². The van der Waals surface area contributed by atoms with Gasteiger partial charge in [0.15, 0.2) is 0 Å². The Morgan fingerprint density at radius 2 is 2.12 bits per heavy atom. The van der Waals surface area contributed by atoms with E-state index in [2.05, 4.69) is 24.1 Å². The van der Waals surface area contributed by atoms with Crippen molar-refractivity contribution in [1.29, 1.82) is 0 Å². The summed E-state index contributed by atoms with van der Waals surface area (Å²) in [6.45, 7) is 3.12. The number of likely N-dealkylation sites (N-methyl/N-ethyl adjacent to an activating group) is 1. The summed E-state index contributed by atoms with van der Waals surface area (Å²) < 4.78 is 5.51. The van der Waals surface area contributed by atoms with Gasteiger partial charge in [-0.15, -0.1) is 0 Å². The van der Waals surface area contributed by atoms with Crippen LogP contribution < -0.4 is 4.74 Å². The van der Waals surface area contributed by atoms with E-state index in [1.807, 2.05) is 12.1 Å². The molecule has 0 aromatic heterocycles. The van der Waals surface area contributed by atoms with Crippen molar-refractivity contribution < 1.29 is 9.84 Å². The molecule has 3 nitrogen and oxygen atoms in total. The van der Waals surface area contributed by atoms with Crippen LogP contribution in [0.2, 0.25) is 0 Å². The van der Waals surface area contributed by atoms with Gasteiger partial charge in [0, 0.05) is 19.6 Å². The molecule has 0 aliphatic carbocycles. The van der Waals surface area contributed by atoms with E-state index >= 15 is 0 Å². The highest BCUT2D eigenvalue weighted by molar-refractivity contribution is 5.30. The summed E-state index contributed by atoms with van der Waals surface area (Å²) in [4.78, 5) is 2.37. The van der Waals surface area contributed by atoms with Crippen LogP contribution in [0.25, 0.3) is 0 Å². The van der Waals surface area contributed by atoms with Crippen LogP contribution >= 0.6 is 0 Å². The average molecular weight is 235 g/mol. The number of rotatable bonds is 5. The third kappa shape index (κ3) is 3.45. The summed E-state index contributed by atoms with van der Waals surface area (Å²) in [7, 11) is 2.17. The molecule has 0 saturated carbocycles. The first-order chi connectivity index (χ1) is 8.29. The molecule has 1 aromatic rings. The van der Waals surface area contributed by atoms with Gasteiger partial charge >= 0.3 is 0 Å². The van der Waals surface area contributed by atoms with E-state index in [9.17, 15) is 0 Å². The van der Waals surface area contributed by atoms with Crippen molar-refractivity contribution in [2.75, 3.05) is 33.4 Å². The summed E-state index contributed by atoms with van der Waals surface area (Å²) in [6.07, 6.45) is 1.94. The number of hydrogen-bond acceptors (Lipinski definition) is 3. The second kappa shape index (κ2) is 6.03. The number of aliphatic hydroxyl groups is 1. The van der Waals surface area contributed by atoms with Crippen LogP contribution in [-0.4, -0.2) is 43.4 Å². The number of ether oxygens (including phenoxy) is 1. The topological polar surface area (TPSA) is 32.7 Å². The molecule has 17 heavy (non-hydrogen) atoms. The quantitative estimate of drug-likeness (QED) is 0.791. The van der Waals surface area contributed by atoms with Gasteiger partial charge in [0.25, 0.3) is 0 Å². The zero-order valence-corrected chi connectivity index (χ0v) is 10.4. The van der Waals surface area contributed by atoms with Crippen molar-refractivity contribution >= 4 is 0 Å². The van der Waals surface area contributed by atoms with E-state index < -0.39 is 0 Å². The summed E-state index contributed by atoms with van der Waals surface area (Å²) in [6, 6.07) is 8.40. The molecule has 0 bridgehead atoms. The fourth-order valence-corrected chi connectivity index (χ4v) is 2.30. The zero-order valence-electron chi connectivity index (χ0n) is 10.4. The van der Waals surface area contributed by atoms with Gasteiger partial charge in [0.05, 0.1) is 6.61 Å². The number of nitrogens with zero attached hydrogens (tertiary/aromatic N) is 1. The van der Waals surface area contributed by atoms with Gasteiger partial charge in [-0.05, 0) is 43.6 Å². The molecule has 1 N–H and O–H groups in total. The van der Waals surface area contributed by atoms with Gasteiger partial charge in [-0.25, -0.2) is 0 Å². The van der Waals surface area contributed by atoms with Crippen LogP contribution in [0.4, 0.5) is 0 Å². The van der Waals surface area contributed by atoms with Gasteiger partial charge in [0.2, 0.25) is 0 Å². The molecule has 94 valence electrons. The number of likely N-dealkylation sites (tertiary alicyclic amines) is 1. The summed E-state index contributed by atoms with van der Waals surface area (Å²) in [5.74, 6) is 1.57.